The van der Waals surface area contributed by atoms with E-state index in [1.807, 2.05) is 13.0 Å². The molecule has 1 atom stereocenters. The van der Waals surface area contributed by atoms with Crippen LogP contribution in [0.4, 0.5) is 0 Å². The summed E-state index contributed by atoms with van der Waals surface area (Å²) in [4.78, 5) is 22.6. The number of carbonyl (C=O) groups excluding carboxylic acids is 1. The lowest BCUT2D eigenvalue weighted by atomic mass is 10.0. The molecule has 0 aliphatic carbocycles. The van der Waals surface area contributed by atoms with Crippen molar-refractivity contribution in [1.82, 2.24) is 9.78 Å². The van der Waals surface area contributed by atoms with E-state index in [1.165, 1.54) is 0 Å². The Bertz CT molecular complexity index is 439. The molecule has 0 saturated carbocycles. The molecule has 6 nitrogen and oxygen atoms in total. The number of aryl methyl sites for hydroxylation is 2. The van der Waals surface area contributed by atoms with E-state index in [1.54, 1.807) is 18.7 Å². The summed E-state index contributed by atoms with van der Waals surface area (Å²) in [5, 5.41) is 13.3. The van der Waals surface area contributed by atoms with Crippen molar-refractivity contribution in [3.63, 3.8) is 0 Å². The maximum atomic E-state index is 11.5. The Kier molecular flexibility index (Phi) is 4.88. The summed E-state index contributed by atoms with van der Waals surface area (Å²) in [7, 11) is 1.73. The Hall–Kier alpha value is -1.85. The van der Waals surface area contributed by atoms with E-state index in [0.717, 1.165) is 12.1 Å². The van der Waals surface area contributed by atoms with Gasteiger partial charge in [0, 0.05) is 19.2 Å². The molecule has 0 saturated heterocycles. The SMILES string of the molecule is CCOC(=O)C(Cc1cc(CC)nn1C)C(=O)O. The first-order valence-electron chi connectivity index (χ1n) is 5.90. The van der Waals surface area contributed by atoms with Gasteiger partial charge >= 0.3 is 11.9 Å². The van der Waals surface area contributed by atoms with Crippen LogP contribution in [0.3, 0.4) is 0 Å². The number of carboxylic acids is 1. The maximum Gasteiger partial charge on any atom is 0.320 e. The van der Waals surface area contributed by atoms with E-state index in [9.17, 15) is 9.59 Å². The summed E-state index contributed by atoms with van der Waals surface area (Å²) in [5.74, 6) is -3.05. The molecule has 1 heterocycles. The molecule has 1 N–H and O–H groups in total. The topological polar surface area (TPSA) is 81.4 Å². The van der Waals surface area contributed by atoms with Gasteiger partial charge in [0.25, 0.3) is 0 Å². The first-order chi connectivity index (χ1) is 8.49. The second-order valence-corrected chi connectivity index (χ2v) is 3.95. The Balaban J connectivity index is 2.86. The van der Waals surface area contributed by atoms with Crippen LogP contribution in [0.15, 0.2) is 6.07 Å². The normalized spacial score (nSPS) is 12.2. The van der Waals surface area contributed by atoms with Crippen LogP contribution in [-0.4, -0.2) is 33.4 Å². The van der Waals surface area contributed by atoms with Gasteiger partial charge in [-0.05, 0) is 19.4 Å². The first-order valence-corrected chi connectivity index (χ1v) is 5.90. The fourth-order valence-electron chi connectivity index (χ4n) is 1.66. The lowest BCUT2D eigenvalue weighted by molar-refractivity contribution is -0.158. The molecular formula is C12H18N2O4. The maximum absolute atomic E-state index is 11.5. The number of aromatic nitrogens is 2. The van der Waals surface area contributed by atoms with Gasteiger partial charge in [0.1, 0.15) is 0 Å². The van der Waals surface area contributed by atoms with Crippen molar-refractivity contribution in [2.75, 3.05) is 6.61 Å². The minimum Gasteiger partial charge on any atom is -0.481 e. The van der Waals surface area contributed by atoms with Crippen molar-refractivity contribution in [2.24, 2.45) is 13.0 Å². The highest BCUT2D eigenvalue weighted by atomic mass is 16.5. The molecule has 0 radical (unpaired) electrons. The van der Waals surface area contributed by atoms with Gasteiger partial charge in [-0.25, -0.2) is 0 Å². The number of hydrogen-bond donors (Lipinski definition) is 1. The minimum absolute atomic E-state index is 0.0949. The smallest absolute Gasteiger partial charge is 0.320 e. The van der Waals surface area contributed by atoms with Gasteiger partial charge in [-0.1, -0.05) is 6.92 Å². The van der Waals surface area contributed by atoms with E-state index in [0.29, 0.717) is 5.69 Å². The predicted molar refractivity (Wildman–Crippen MR) is 64.0 cm³/mol. The van der Waals surface area contributed by atoms with Crippen LogP contribution in [-0.2, 0) is 34.2 Å². The average Bonchev–Trinajstić information content (AvgIpc) is 2.66. The van der Waals surface area contributed by atoms with Crippen LogP contribution in [0.5, 0.6) is 0 Å². The molecule has 6 heteroatoms. The molecule has 0 amide bonds. The van der Waals surface area contributed by atoms with Gasteiger partial charge in [0.05, 0.1) is 12.3 Å². The van der Waals surface area contributed by atoms with Gasteiger partial charge < -0.3 is 9.84 Å². The lowest BCUT2D eigenvalue weighted by Gasteiger charge is -2.10. The van der Waals surface area contributed by atoms with Crippen molar-refractivity contribution in [2.45, 2.75) is 26.7 Å². The molecule has 0 aromatic carbocycles. The van der Waals surface area contributed by atoms with Crippen molar-refractivity contribution in [1.29, 1.82) is 0 Å². The summed E-state index contributed by atoms with van der Waals surface area (Å²) in [5.41, 5.74) is 1.59. The van der Waals surface area contributed by atoms with Crippen LogP contribution >= 0.6 is 0 Å². The average molecular weight is 254 g/mol. The molecule has 0 spiro atoms. The van der Waals surface area contributed by atoms with Crippen molar-refractivity contribution < 1.29 is 19.4 Å². The van der Waals surface area contributed by atoms with Crippen molar-refractivity contribution >= 4 is 11.9 Å². The highest BCUT2D eigenvalue weighted by molar-refractivity contribution is 5.94. The predicted octanol–water partition coefficient (Wildman–Crippen LogP) is 0.789. The third-order valence-corrected chi connectivity index (χ3v) is 2.67. The van der Waals surface area contributed by atoms with E-state index in [2.05, 4.69) is 5.10 Å². The summed E-state index contributed by atoms with van der Waals surface area (Å²) in [6, 6.07) is 1.81. The molecule has 1 unspecified atom stereocenters. The molecular weight excluding hydrogens is 236 g/mol. The van der Waals surface area contributed by atoms with Crippen LogP contribution < -0.4 is 0 Å². The van der Waals surface area contributed by atoms with Crippen LogP contribution in [0.25, 0.3) is 0 Å². The second kappa shape index (κ2) is 6.18. The van der Waals surface area contributed by atoms with Crippen LogP contribution in [0, 0.1) is 5.92 Å². The first kappa shape index (κ1) is 14.2. The summed E-state index contributed by atoms with van der Waals surface area (Å²) < 4.78 is 6.37. The van der Waals surface area contributed by atoms with Crippen molar-refractivity contribution in [3.8, 4) is 0 Å². The number of rotatable bonds is 6. The quantitative estimate of drug-likeness (QED) is 0.599. The number of hydrogen-bond acceptors (Lipinski definition) is 4. The zero-order valence-electron chi connectivity index (χ0n) is 10.8. The standard InChI is InChI=1S/C12H18N2O4/c1-4-8-6-9(14(3)13-8)7-10(11(15)16)12(17)18-5-2/h6,10H,4-5,7H2,1-3H3,(H,15,16). The third-order valence-electron chi connectivity index (χ3n) is 2.67. The van der Waals surface area contributed by atoms with E-state index < -0.39 is 17.9 Å². The Labute approximate surface area is 106 Å². The zero-order valence-corrected chi connectivity index (χ0v) is 10.8. The van der Waals surface area contributed by atoms with E-state index in [4.69, 9.17) is 9.84 Å². The van der Waals surface area contributed by atoms with Gasteiger partial charge in [-0.15, -0.1) is 0 Å². The monoisotopic (exact) mass is 254 g/mol. The number of aliphatic carboxylic acids is 1. The number of nitrogens with zero attached hydrogens (tertiary/aromatic N) is 2. The molecule has 0 aliphatic heterocycles. The summed E-state index contributed by atoms with van der Waals surface area (Å²) in [6.07, 6.45) is 0.864. The molecule has 0 aliphatic rings. The van der Waals surface area contributed by atoms with Gasteiger partial charge in [-0.3, -0.25) is 14.3 Å². The fraction of sp³-hybridized carbons (Fsp3) is 0.583. The molecule has 100 valence electrons. The number of ether oxygens (including phenoxy) is 1. The highest BCUT2D eigenvalue weighted by Gasteiger charge is 2.29. The Morgan fingerprint density at radius 2 is 2.17 bits per heavy atom. The fourth-order valence-corrected chi connectivity index (χ4v) is 1.66. The van der Waals surface area contributed by atoms with E-state index >= 15 is 0 Å². The van der Waals surface area contributed by atoms with E-state index in [-0.39, 0.29) is 13.0 Å². The van der Waals surface area contributed by atoms with Crippen molar-refractivity contribution in [3.05, 3.63) is 17.5 Å². The third kappa shape index (κ3) is 3.32. The summed E-state index contributed by atoms with van der Waals surface area (Å²) >= 11 is 0. The Morgan fingerprint density at radius 1 is 1.50 bits per heavy atom. The minimum atomic E-state index is -1.18. The molecule has 1 aromatic rings. The summed E-state index contributed by atoms with van der Waals surface area (Å²) in [6.45, 7) is 3.79. The molecule has 0 bridgehead atoms. The van der Waals surface area contributed by atoms with Crippen LogP contribution in [0.1, 0.15) is 25.2 Å². The molecule has 18 heavy (non-hydrogen) atoms. The molecule has 0 fully saturated rings. The molecule has 1 aromatic heterocycles. The zero-order chi connectivity index (χ0) is 13.7. The van der Waals surface area contributed by atoms with Crippen LogP contribution in [0.2, 0.25) is 0 Å². The lowest BCUT2D eigenvalue weighted by Crippen LogP contribution is -2.28. The highest BCUT2D eigenvalue weighted by Crippen LogP contribution is 2.12. The number of esters is 1. The number of carbonyl (C=O) groups is 2. The largest absolute Gasteiger partial charge is 0.481 e. The van der Waals surface area contributed by atoms with Gasteiger partial charge in [0.15, 0.2) is 5.92 Å². The van der Waals surface area contributed by atoms with Gasteiger partial charge in [0.2, 0.25) is 0 Å². The van der Waals surface area contributed by atoms with Gasteiger partial charge in [-0.2, -0.15) is 5.10 Å². The number of carboxylic acid groups (broad SMARTS) is 1. The second-order valence-electron chi connectivity index (χ2n) is 3.95. The Morgan fingerprint density at radius 3 is 2.61 bits per heavy atom. The molecule has 1 rings (SSSR count).